The van der Waals surface area contributed by atoms with Gasteiger partial charge in [-0.2, -0.15) is 26.3 Å². The van der Waals surface area contributed by atoms with E-state index in [9.17, 15) is 44.3 Å². The van der Waals surface area contributed by atoms with Gasteiger partial charge >= 0.3 is 18.3 Å². The molecule has 1 aromatic carbocycles. The lowest BCUT2D eigenvalue weighted by Crippen LogP contribution is -2.32. The van der Waals surface area contributed by atoms with Crippen LogP contribution in [0.4, 0.5) is 26.3 Å². The Morgan fingerprint density at radius 2 is 1.44 bits per heavy atom. The Labute approximate surface area is 176 Å². The number of rotatable bonds is 4. The Morgan fingerprint density at radius 1 is 0.938 bits per heavy atom. The first kappa shape index (κ1) is 25.1. The van der Waals surface area contributed by atoms with Crippen molar-refractivity contribution in [3.05, 3.63) is 59.4 Å². The number of nitrogens with two attached hydrogens (primary N) is 1. The number of pyridine rings is 1. The summed E-state index contributed by atoms with van der Waals surface area (Å²) >= 11 is 0. The van der Waals surface area contributed by atoms with E-state index >= 15 is 0 Å². The highest BCUT2D eigenvalue weighted by Gasteiger charge is 2.61. The molecule has 1 heterocycles. The van der Waals surface area contributed by atoms with Crippen molar-refractivity contribution in [3.63, 3.8) is 0 Å². The molecule has 1 fully saturated rings. The number of nitrogens with zero attached hydrogens (tertiary/aromatic N) is 1. The maximum atomic E-state index is 12.3. The molecule has 0 spiro atoms. The Balaban J connectivity index is 0.000000244. The average Bonchev–Trinajstić information content (AvgIpc) is 3.50. The lowest BCUT2D eigenvalue weighted by molar-refractivity contribution is -0.138. The fourth-order valence-electron chi connectivity index (χ4n) is 2.50. The second-order valence-electron chi connectivity index (χ2n) is 6.62. The van der Waals surface area contributed by atoms with E-state index in [-0.39, 0.29) is 12.8 Å². The van der Waals surface area contributed by atoms with Crippen LogP contribution >= 0.6 is 0 Å². The van der Waals surface area contributed by atoms with E-state index in [1.807, 2.05) is 0 Å². The molecule has 32 heavy (non-hydrogen) atoms. The Hall–Kier alpha value is -3.16. The van der Waals surface area contributed by atoms with Gasteiger partial charge in [0, 0.05) is 6.20 Å². The number of hydrogen-bond donors (Lipinski definition) is 2. The summed E-state index contributed by atoms with van der Waals surface area (Å²) in [7, 11) is -4.16. The van der Waals surface area contributed by atoms with Crippen LogP contribution in [-0.4, -0.2) is 35.1 Å². The molecule has 1 aliphatic rings. The molecular formula is C18H14F6N2O5S. The fraction of sp³-hybridized carbons (Fsp3) is 0.278. The van der Waals surface area contributed by atoms with E-state index in [0.717, 1.165) is 24.4 Å². The van der Waals surface area contributed by atoms with E-state index in [1.165, 1.54) is 0 Å². The molecule has 0 bridgehead atoms. The predicted octanol–water partition coefficient (Wildman–Crippen LogP) is 3.30. The molecule has 0 atom stereocenters. The van der Waals surface area contributed by atoms with E-state index in [4.69, 9.17) is 10.8 Å². The maximum absolute atomic E-state index is 12.3. The number of primary amides is 1. The third kappa shape index (κ3) is 5.18. The third-order valence-electron chi connectivity index (χ3n) is 4.44. The second kappa shape index (κ2) is 8.41. The number of alkyl halides is 6. The largest absolute Gasteiger partial charge is 0.480 e. The number of carbonyl (C=O) groups is 2. The second-order valence-corrected chi connectivity index (χ2v) is 8.88. The molecule has 1 saturated carbocycles. The quantitative estimate of drug-likeness (QED) is 0.642. The number of carbonyl (C=O) groups excluding carboxylic acids is 1. The van der Waals surface area contributed by atoms with Gasteiger partial charge in [-0.25, -0.2) is 8.42 Å². The third-order valence-corrected chi connectivity index (χ3v) is 6.94. The normalized spacial score (nSPS) is 15.3. The molecule has 0 saturated heterocycles. The summed E-state index contributed by atoms with van der Waals surface area (Å²) in [6, 6.07) is 4.23. The molecule has 7 nitrogen and oxygen atoms in total. The van der Waals surface area contributed by atoms with E-state index in [2.05, 4.69) is 4.98 Å². The van der Waals surface area contributed by atoms with Gasteiger partial charge in [0.2, 0.25) is 0 Å². The lowest BCUT2D eigenvalue weighted by Gasteiger charge is -2.12. The van der Waals surface area contributed by atoms with E-state index < -0.39 is 60.5 Å². The summed E-state index contributed by atoms with van der Waals surface area (Å²) in [5.41, 5.74) is 2.45. The highest BCUT2D eigenvalue weighted by Crippen LogP contribution is 2.47. The number of amides is 1. The van der Waals surface area contributed by atoms with Crippen molar-refractivity contribution in [3.8, 4) is 0 Å². The summed E-state index contributed by atoms with van der Waals surface area (Å²) in [4.78, 5) is 24.4. The van der Waals surface area contributed by atoms with Crippen molar-refractivity contribution < 1.29 is 49.5 Å². The minimum atomic E-state index is -4.56. The van der Waals surface area contributed by atoms with Crippen molar-refractivity contribution in [2.75, 3.05) is 0 Å². The molecule has 14 heteroatoms. The van der Waals surface area contributed by atoms with Crippen LogP contribution in [0.1, 0.15) is 34.5 Å². The van der Waals surface area contributed by atoms with Crippen LogP contribution in [0.2, 0.25) is 0 Å². The molecule has 1 amide bonds. The molecule has 174 valence electrons. The Kier molecular flexibility index (Phi) is 6.60. The van der Waals surface area contributed by atoms with Crippen LogP contribution in [0.3, 0.4) is 0 Å². The highest BCUT2D eigenvalue weighted by atomic mass is 32.2. The number of aliphatic carboxylic acids is 1. The van der Waals surface area contributed by atoms with Crippen molar-refractivity contribution in [1.82, 2.24) is 4.98 Å². The topological polar surface area (TPSA) is 127 Å². The van der Waals surface area contributed by atoms with Crippen molar-refractivity contribution in [2.45, 2.75) is 34.8 Å². The zero-order valence-electron chi connectivity index (χ0n) is 15.7. The van der Waals surface area contributed by atoms with Crippen LogP contribution in [-0.2, 0) is 27.0 Å². The standard InChI is InChI=1S/C11H9F3O4S.C7H5F3N2O/c12-11(13,14)7-1-3-8(4-2-7)19(17,18)10(5-6-10)9(15)16;8-7(9,10)4-1-2-12-5(3-4)6(11)13/h1-4H,5-6H2,(H,15,16);1-3H,(H2,11,13). The van der Waals surface area contributed by atoms with Crippen LogP contribution in [0.5, 0.6) is 0 Å². The molecule has 0 aliphatic heterocycles. The van der Waals surface area contributed by atoms with Gasteiger partial charge in [-0.1, -0.05) is 0 Å². The van der Waals surface area contributed by atoms with E-state index in [0.29, 0.717) is 18.2 Å². The molecule has 3 N–H and O–H groups in total. The van der Waals surface area contributed by atoms with Gasteiger partial charge in [-0.05, 0) is 49.2 Å². The molecule has 1 aliphatic carbocycles. The van der Waals surface area contributed by atoms with E-state index in [1.54, 1.807) is 0 Å². The van der Waals surface area contributed by atoms with Crippen LogP contribution < -0.4 is 5.73 Å². The zero-order valence-corrected chi connectivity index (χ0v) is 16.6. The Morgan fingerprint density at radius 3 is 1.81 bits per heavy atom. The van der Waals surface area contributed by atoms with Crippen LogP contribution in [0, 0.1) is 0 Å². The number of benzene rings is 1. The zero-order chi connectivity index (χ0) is 24.5. The smallest absolute Gasteiger partial charge is 0.416 e. The van der Waals surface area contributed by atoms with Crippen molar-refractivity contribution in [1.29, 1.82) is 0 Å². The number of aromatic nitrogens is 1. The Bertz CT molecular complexity index is 1120. The SMILES string of the molecule is NC(=O)c1cc(C(F)(F)F)ccn1.O=C(O)C1(S(=O)(=O)c2ccc(C(F)(F)F)cc2)CC1. The summed E-state index contributed by atoms with van der Waals surface area (Å²) in [6.45, 7) is 0. The minimum absolute atomic E-state index is 0.0221. The van der Waals surface area contributed by atoms with Gasteiger partial charge in [0.1, 0.15) is 5.69 Å². The average molecular weight is 484 g/mol. The van der Waals surface area contributed by atoms with Gasteiger partial charge in [0.25, 0.3) is 5.91 Å². The molecule has 2 aromatic rings. The first-order valence-corrected chi connectivity index (χ1v) is 9.99. The van der Waals surface area contributed by atoms with Crippen LogP contribution in [0.25, 0.3) is 0 Å². The van der Waals surface area contributed by atoms with Gasteiger partial charge < -0.3 is 10.8 Å². The van der Waals surface area contributed by atoms with Crippen molar-refractivity contribution >= 4 is 21.7 Å². The summed E-state index contributed by atoms with van der Waals surface area (Å²) < 4.78 is 95.4. The lowest BCUT2D eigenvalue weighted by atomic mass is 10.2. The van der Waals surface area contributed by atoms with Crippen LogP contribution in [0.15, 0.2) is 47.5 Å². The van der Waals surface area contributed by atoms with Gasteiger partial charge in [0.05, 0.1) is 16.0 Å². The number of carboxylic acid groups (broad SMARTS) is 1. The molecular weight excluding hydrogens is 470 g/mol. The monoisotopic (exact) mass is 484 g/mol. The summed E-state index contributed by atoms with van der Waals surface area (Å²) in [5, 5.41) is 8.93. The van der Waals surface area contributed by atoms with Gasteiger partial charge in [-0.3, -0.25) is 14.6 Å². The molecule has 0 radical (unpaired) electrons. The molecule has 0 unspecified atom stereocenters. The predicted molar refractivity (Wildman–Crippen MR) is 96.0 cm³/mol. The highest BCUT2D eigenvalue weighted by molar-refractivity contribution is 7.94. The first-order chi connectivity index (χ1) is 14.5. The molecule has 3 rings (SSSR count). The number of hydrogen-bond acceptors (Lipinski definition) is 5. The number of sulfone groups is 1. The summed E-state index contributed by atoms with van der Waals surface area (Å²) in [5.74, 6) is -2.45. The van der Waals surface area contributed by atoms with Gasteiger partial charge in [-0.15, -0.1) is 0 Å². The first-order valence-electron chi connectivity index (χ1n) is 8.51. The maximum Gasteiger partial charge on any atom is 0.416 e. The number of halogens is 6. The summed E-state index contributed by atoms with van der Waals surface area (Å²) in [6.07, 6.45) is -8.19. The van der Waals surface area contributed by atoms with Gasteiger partial charge in [0.15, 0.2) is 14.6 Å². The molecule has 1 aromatic heterocycles. The van der Waals surface area contributed by atoms with Crippen molar-refractivity contribution in [2.24, 2.45) is 5.73 Å². The number of carboxylic acids is 1. The fourth-order valence-corrected chi connectivity index (χ4v) is 4.32. The minimum Gasteiger partial charge on any atom is -0.480 e.